The fourth-order valence-corrected chi connectivity index (χ4v) is 1.97. The Morgan fingerprint density at radius 2 is 1.67 bits per heavy atom. The van der Waals surface area contributed by atoms with Crippen LogP contribution in [-0.4, -0.2) is 5.91 Å². The van der Waals surface area contributed by atoms with Gasteiger partial charge in [0.15, 0.2) is 0 Å². The second-order valence-corrected chi connectivity index (χ2v) is 3.89. The van der Waals surface area contributed by atoms with Crippen molar-refractivity contribution < 1.29 is 4.79 Å². The van der Waals surface area contributed by atoms with E-state index in [-0.39, 0.29) is 11.8 Å². The van der Waals surface area contributed by atoms with E-state index in [9.17, 15) is 4.79 Å². The van der Waals surface area contributed by atoms with E-state index in [1.54, 1.807) is 0 Å². The minimum atomic E-state index is -0.161. The van der Waals surface area contributed by atoms with Crippen molar-refractivity contribution in [2.45, 2.75) is 20.8 Å². The van der Waals surface area contributed by atoms with Crippen LogP contribution in [0.15, 0.2) is 12.2 Å². The lowest BCUT2D eigenvalue weighted by atomic mass is 9.72. The Morgan fingerprint density at radius 3 is 2.08 bits per heavy atom. The molecule has 4 atom stereocenters. The highest BCUT2D eigenvalue weighted by molar-refractivity contribution is 5.77. The van der Waals surface area contributed by atoms with Crippen LogP contribution in [0.5, 0.6) is 0 Å². The summed E-state index contributed by atoms with van der Waals surface area (Å²) in [6.07, 6.45) is 4.27. The fraction of sp³-hybridized carbons (Fsp3) is 0.700. The first-order chi connectivity index (χ1) is 5.54. The molecule has 0 saturated heterocycles. The topological polar surface area (TPSA) is 43.1 Å². The molecule has 0 aromatic heterocycles. The van der Waals surface area contributed by atoms with Crippen LogP contribution < -0.4 is 5.73 Å². The molecule has 2 N–H and O–H groups in total. The van der Waals surface area contributed by atoms with Gasteiger partial charge >= 0.3 is 0 Å². The highest BCUT2D eigenvalue weighted by Gasteiger charge is 2.32. The molecule has 0 aromatic carbocycles. The minimum Gasteiger partial charge on any atom is -0.369 e. The van der Waals surface area contributed by atoms with Gasteiger partial charge in [-0.1, -0.05) is 32.9 Å². The Kier molecular flexibility index (Phi) is 2.55. The van der Waals surface area contributed by atoms with Crippen LogP contribution >= 0.6 is 0 Å². The van der Waals surface area contributed by atoms with E-state index in [1.165, 1.54) is 0 Å². The van der Waals surface area contributed by atoms with Crippen molar-refractivity contribution in [3.63, 3.8) is 0 Å². The lowest BCUT2D eigenvalue weighted by molar-refractivity contribution is -0.125. The second-order valence-electron chi connectivity index (χ2n) is 3.89. The normalized spacial score (nSPS) is 41.2. The van der Waals surface area contributed by atoms with Crippen molar-refractivity contribution in [1.29, 1.82) is 0 Å². The largest absolute Gasteiger partial charge is 0.369 e. The summed E-state index contributed by atoms with van der Waals surface area (Å²) in [6, 6.07) is 0. The summed E-state index contributed by atoms with van der Waals surface area (Å²) in [6.45, 7) is 6.28. The number of amides is 1. The van der Waals surface area contributed by atoms with E-state index < -0.39 is 0 Å². The van der Waals surface area contributed by atoms with Gasteiger partial charge in [0, 0.05) is 5.92 Å². The monoisotopic (exact) mass is 167 g/mol. The summed E-state index contributed by atoms with van der Waals surface area (Å²) in [4.78, 5) is 11.1. The Balaban J connectivity index is 2.84. The molecule has 0 bridgehead atoms. The van der Waals surface area contributed by atoms with E-state index in [2.05, 4.69) is 26.0 Å². The number of carbonyl (C=O) groups is 1. The zero-order valence-corrected chi connectivity index (χ0v) is 7.95. The molecule has 0 heterocycles. The third kappa shape index (κ3) is 1.52. The van der Waals surface area contributed by atoms with Crippen molar-refractivity contribution in [2.24, 2.45) is 29.4 Å². The molecule has 0 unspecified atom stereocenters. The molecule has 1 aliphatic rings. The van der Waals surface area contributed by atoms with E-state index in [1.807, 2.05) is 6.92 Å². The lowest BCUT2D eigenvalue weighted by Crippen LogP contribution is -2.37. The second kappa shape index (κ2) is 3.30. The number of primary amides is 1. The molecule has 12 heavy (non-hydrogen) atoms. The van der Waals surface area contributed by atoms with E-state index in [0.717, 1.165) is 0 Å². The van der Waals surface area contributed by atoms with Crippen molar-refractivity contribution in [2.75, 3.05) is 0 Å². The smallest absolute Gasteiger partial charge is 0.221 e. The van der Waals surface area contributed by atoms with Gasteiger partial charge in [-0.3, -0.25) is 4.79 Å². The minimum absolute atomic E-state index is 0.0185. The van der Waals surface area contributed by atoms with Gasteiger partial charge in [0.1, 0.15) is 0 Å². The van der Waals surface area contributed by atoms with Crippen LogP contribution in [0.4, 0.5) is 0 Å². The van der Waals surface area contributed by atoms with Crippen molar-refractivity contribution in [3.8, 4) is 0 Å². The van der Waals surface area contributed by atoms with Gasteiger partial charge in [-0.15, -0.1) is 0 Å². The molecule has 0 saturated carbocycles. The third-order valence-corrected chi connectivity index (χ3v) is 3.01. The van der Waals surface area contributed by atoms with Gasteiger partial charge in [-0.25, -0.2) is 0 Å². The zero-order chi connectivity index (χ0) is 9.30. The van der Waals surface area contributed by atoms with Crippen LogP contribution in [0.2, 0.25) is 0 Å². The maximum atomic E-state index is 11.1. The zero-order valence-electron chi connectivity index (χ0n) is 7.95. The predicted molar refractivity (Wildman–Crippen MR) is 49.3 cm³/mol. The molecule has 2 heteroatoms. The first-order valence-electron chi connectivity index (χ1n) is 4.51. The standard InChI is InChI=1S/C10H17NO/c1-6-4-5-7(2)9(8(6)3)10(11)12/h4-9H,1-3H3,(H2,11,12)/t6-,7+,8+,9-/m0/s1. The first kappa shape index (κ1) is 9.30. The average molecular weight is 167 g/mol. The van der Waals surface area contributed by atoms with Gasteiger partial charge in [-0.2, -0.15) is 0 Å². The van der Waals surface area contributed by atoms with Crippen molar-refractivity contribution in [1.82, 2.24) is 0 Å². The first-order valence-corrected chi connectivity index (χ1v) is 4.51. The number of nitrogens with two attached hydrogens (primary N) is 1. The summed E-state index contributed by atoms with van der Waals surface area (Å²) in [5.41, 5.74) is 5.34. The summed E-state index contributed by atoms with van der Waals surface area (Å²) in [5.74, 6) is 1.01. The SMILES string of the molecule is C[C@H]1[C@@H](C(N)=O)[C@H](C)C=C[C@@H]1C. The quantitative estimate of drug-likeness (QED) is 0.592. The molecule has 68 valence electrons. The van der Waals surface area contributed by atoms with Gasteiger partial charge in [0.25, 0.3) is 0 Å². The maximum absolute atomic E-state index is 11.1. The number of hydrogen-bond donors (Lipinski definition) is 1. The number of carbonyl (C=O) groups excluding carboxylic acids is 1. The molecule has 0 spiro atoms. The van der Waals surface area contributed by atoms with Crippen LogP contribution in [-0.2, 0) is 4.79 Å². The molecule has 1 aliphatic carbocycles. The van der Waals surface area contributed by atoms with Crippen LogP contribution in [0.1, 0.15) is 20.8 Å². The van der Waals surface area contributed by atoms with Crippen molar-refractivity contribution >= 4 is 5.91 Å². The number of hydrogen-bond acceptors (Lipinski definition) is 1. The fourth-order valence-electron chi connectivity index (χ4n) is 1.97. The van der Waals surface area contributed by atoms with Crippen molar-refractivity contribution in [3.05, 3.63) is 12.2 Å². The van der Waals surface area contributed by atoms with Crippen LogP contribution in [0.25, 0.3) is 0 Å². The summed E-state index contributed by atoms with van der Waals surface area (Å²) in [7, 11) is 0. The third-order valence-electron chi connectivity index (χ3n) is 3.01. The molecule has 0 radical (unpaired) electrons. The van der Waals surface area contributed by atoms with Gasteiger partial charge in [0.05, 0.1) is 0 Å². The molecule has 1 rings (SSSR count). The highest BCUT2D eigenvalue weighted by Crippen LogP contribution is 2.33. The highest BCUT2D eigenvalue weighted by atomic mass is 16.1. The molecule has 0 aromatic rings. The van der Waals surface area contributed by atoms with Crippen LogP contribution in [0, 0.1) is 23.7 Å². The predicted octanol–water partition coefficient (Wildman–Crippen LogP) is 1.57. The van der Waals surface area contributed by atoms with E-state index >= 15 is 0 Å². The molecular weight excluding hydrogens is 150 g/mol. The Hall–Kier alpha value is -0.790. The lowest BCUT2D eigenvalue weighted by Gasteiger charge is -2.32. The van der Waals surface area contributed by atoms with Gasteiger partial charge in [0.2, 0.25) is 5.91 Å². The molecule has 0 aliphatic heterocycles. The molecular formula is C10H17NO. The van der Waals surface area contributed by atoms with E-state index in [4.69, 9.17) is 5.73 Å². The van der Waals surface area contributed by atoms with E-state index in [0.29, 0.717) is 17.8 Å². The molecule has 0 fully saturated rings. The Morgan fingerprint density at radius 1 is 1.17 bits per heavy atom. The Labute approximate surface area is 73.8 Å². The number of rotatable bonds is 1. The van der Waals surface area contributed by atoms with Gasteiger partial charge in [-0.05, 0) is 17.8 Å². The maximum Gasteiger partial charge on any atom is 0.221 e. The van der Waals surface area contributed by atoms with Crippen LogP contribution in [0.3, 0.4) is 0 Å². The molecule has 1 amide bonds. The average Bonchev–Trinajstić information content (AvgIpc) is 1.97. The summed E-state index contributed by atoms with van der Waals surface area (Å²) in [5, 5.41) is 0. The summed E-state index contributed by atoms with van der Waals surface area (Å²) < 4.78 is 0. The van der Waals surface area contributed by atoms with Gasteiger partial charge < -0.3 is 5.73 Å². The summed E-state index contributed by atoms with van der Waals surface area (Å²) >= 11 is 0. The number of allylic oxidation sites excluding steroid dienone is 2. The Bertz CT molecular complexity index is 210. The molecule has 2 nitrogen and oxygen atoms in total.